The third-order valence-electron chi connectivity index (χ3n) is 3.79. The summed E-state index contributed by atoms with van der Waals surface area (Å²) in [6.07, 6.45) is 4.34. The molecule has 2 heterocycles. The van der Waals surface area contributed by atoms with Gasteiger partial charge in [0.05, 0.1) is 0 Å². The van der Waals surface area contributed by atoms with Crippen LogP contribution < -0.4 is 10.6 Å². The molecule has 0 aliphatic carbocycles. The predicted octanol–water partition coefficient (Wildman–Crippen LogP) is 1.63. The predicted molar refractivity (Wildman–Crippen MR) is 75.8 cm³/mol. The number of nitrogens with two attached hydrogens (primary N) is 1. The third-order valence-corrected chi connectivity index (χ3v) is 3.79. The Kier molecular flexibility index (Phi) is 4.19. The average Bonchev–Trinajstić information content (AvgIpc) is 2.38. The first-order chi connectivity index (χ1) is 8.59. The first-order valence-corrected chi connectivity index (χ1v) is 6.71. The Balaban J connectivity index is 2.19. The number of likely N-dealkylation sites (N-methyl/N-ethyl adjacent to an activating group) is 2. The number of rotatable bonds is 3. The Morgan fingerprint density at radius 2 is 2.33 bits per heavy atom. The lowest BCUT2D eigenvalue weighted by Gasteiger charge is -2.37. The number of pyridine rings is 1. The maximum absolute atomic E-state index is 6.03. The zero-order valence-electron chi connectivity index (χ0n) is 11.6. The lowest BCUT2D eigenvalue weighted by atomic mass is 10.0. The standard InChI is InChI=1S/C14H24N4/c1-11(15)13-7-4-8-16-14(13)18(3)12-6-5-9-17(2)10-12/h4,7-8,11-12H,5-6,9-10,15H2,1-3H3. The number of piperidine rings is 1. The van der Waals surface area contributed by atoms with Crippen LogP contribution in [0, 0.1) is 0 Å². The van der Waals surface area contributed by atoms with Crippen LogP contribution in [0.5, 0.6) is 0 Å². The molecule has 0 aromatic carbocycles. The molecule has 2 N–H and O–H groups in total. The van der Waals surface area contributed by atoms with Crippen molar-refractivity contribution in [3.63, 3.8) is 0 Å². The molecule has 4 nitrogen and oxygen atoms in total. The Bertz CT molecular complexity index is 391. The summed E-state index contributed by atoms with van der Waals surface area (Å²) in [5.41, 5.74) is 7.16. The van der Waals surface area contributed by atoms with E-state index < -0.39 is 0 Å². The molecule has 2 rings (SSSR count). The van der Waals surface area contributed by atoms with Gasteiger partial charge in [-0.05, 0) is 39.4 Å². The number of nitrogens with zero attached hydrogens (tertiary/aromatic N) is 3. The van der Waals surface area contributed by atoms with Crippen molar-refractivity contribution in [1.29, 1.82) is 0 Å². The lowest BCUT2D eigenvalue weighted by molar-refractivity contribution is 0.247. The second-order valence-electron chi connectivity index (χ2n) is 5.37. The maximum Gasteiger partial charge on any atom is 0.133 e. The van der Waals surface area contributed by atoms with Crippen LogP contribution in [0.25, 0.3) is 0 Å². The summed E-state index contributed by atoms with van der Waals surface area (Å²) < 4.78 is 0. The minimum absolute atomic E-state index is 0.0254. The van der Waals surface area contributed by atoms with Crippen LogP contribution in [-0.2, 0) is 0 Å². The number of anilines is 1. The summed E-state index contributed by atoms with van der Waals surface area (Å²) in [5.74, 6) is 1.04. The van der Waals surface area contributed by atoms with Crippen LogP contribution in [0.15, 0.2) is 18.3 Å². The maximum atomic E-state index is 6.03. The van der Waals surface area contributed by atoms with Crippen molar-refractivity contribution in [1.82, 2.24) is 9.88 Å². The summed E-state index contributed by atoms with van der Waals surface area (Å²) in [6.45, 7) is 4.32. The topological polar surface area (TPSA) is 45.4 Å². The van der Waals surface area contributed by atoms with Crippen LogP contribution in [-0.4, -0.2) is 43.1 Å². The van der Waals surface area contributed by atoms with E-state index in [2.05, 4.69) is 34.9 Å². The Labute approximate surface area is 110 Å². The number of hydrogen-bond acceptors (Lipinski definition) is 4. The van der Waals surface area contributed by atoms with Crippen molar-refractivity contribution in [3.05, 3.63) is 23.9 Å². The summed E-state index contributed by atoms with van der Waals surface area (Å²) in [5, 5.41) is 0. The minimum atomic E-state index is 0.0254. The zero-order chi connectivity index (χ0) is 13.1. The smallest absolute Gasteiger partial charge is 0.133 e. The molecule has 1 aromatic rings. The highest BCUT2D eigenvalue weighted by atomic mass is 15.2. The molecular formula is C14H24N4. The van der Waals surface area contributed by atoms with E-state index in [1.165, 1.54) is 19.4 Å². The van der Waals surface area contributed by atoms with E-state index in [0.717, 1.165) is 17.9 Å². The molecular weight excluding hydrogens is 224 g/mol. The van der Waals surface area contributed by atoms with Gasteiger partial charge in [0.2, 0.25) is 0 Å². The molecule has 2 unspecified atom stereocenters. The summed E-state index contributed by atoms with van der Waals surface area (Å²) >= 11 is 0. The quantitative estimate of drug-likeness (QED) is 0.883. The minimum Gasteiger partial charge on any atom is -0.355 e. The van der Waals surface area contributed by atoms with E-state index in [-0.39, 0.29) is 6.04 Å². The fraction of sp³-hybridized carbons (Fsp3) is 0.643. The van der Waals surface area contributed by atoms with Gasteiger partial charge in [0.1, 0.15) is 5.82 Å². The molecule has 100 valence electrons. The van der Waals surface area contributed by atoms with Gasteiger partial charge in [-0.15, -0.1) is 0 Å². The van der Waals surface area contributed by atoms with Crippen molar-refractivity contribution in [3.8, 4) is 0 Å². The van der Waals surface area contributed by atoms with Crippen molar-refractivity contribution < 1.29 is 0 Å². The molecule has 0 bridgehead atoms. The molecule has 1 aliphatic rings. The zero-order valence-corrected chi connectivity index (χ0v) is 11.6. The van der Waals surface area contributed by atoms with Crippen LogP contribution >= 0.6 is 0 Å². The van der Waals surface area contributed by atoms with Gasteiger partial charge >= 0.3 is 0 Å². The molecule has 1 aromatic heterocycles. The number of aromatic nitrogens is 1. The second kappa shape index (κ2) is 5.67. The fourth-order valence-corrected chi connectivity index (χ4v) is 2.69. The summed E-state index contributed by atoms with van der Waals surface area (Å²) in [4.78, 5) is 9.22. The van der Waals surface area contributed by atoms with Gasteiger partial charge in [0, 0.05) is 37.4 Å². The number of likely N-dealkylation sites (tertiary alicyclic amines) is 1. The van der Waals surface area contributed by atoms with E-state index in [9.17, 15) is 0 Å². The first kappa shape index (κ1) is 13.3. The molecule has 0 saturated carbocycles. The largest absolute Gasteiger partial charge is 0.355 e. The summed E-state index contributed by atoms with van der Waals surface area (Å²) in [7, 11) is 4.32. The van der Waals surface area contributed by atoms with E-state index in [1.807, 2.05) is 19.2 Å². The van der Waals surface area contributed by atoms with Gasteiger partial charge in [-0.1, -0.05) is 6.07 Å². The Morgan fingerprint density at radius 3 is 3.00 bits per heavy atom. The van der Waals surface area contributed by atoms with Gasteiger partial charge in [-0.2, -0.15) is 0 Å². The van der Waals surface area contributed by atoms with Crippen molar-refractivity contribution in [2.24, 2.45) is 5.73 Å². The fourth-order valence-electron chi connectivity index (χ4n) is 2.69. The third kappa shape index (κ3) is 2.82. The van der Waals surface area contributed by atoms with Crippen molar-refractivity contribution in [2.75, 3.05) is 32.1 Å². The van der Waals surface area contributed by atoms with E-state index in [4.69, 9.17) is 5.73 Å². The molecule has 1 aliphatic heterocycles. The molecule has 2 atom stereocenters. The van der Waals surface area contributed by atoms with Crippen LogP contribution in [0.3, 0.4) is 0 Å². The lowest BCUT2D eigenvalue weighted by Crippen LogP contribution is -2.45. The highest BCUT2D eigenvalue weighted by molar-refractivity contribution is 5.48. The van der Waals surface area contributed by atoms with Gasteiger partial charge in [0.25, 0.3) is 0 Å². The van der Waals surface area contributed by atoms with E-state index in [1.54, 1.807) is 0 Å². The molecule has 4 heteroatoms. The van der Waals surface area contributed by atoms with Gasteiger partial charge < -0.3 is 15.5 Å². The molecule has 1 saturated heterocycles. The Morgan fingerprint density at radius 1 is 1.56 bits per heavy atom. The number of hydrogen-bond donors (Lipinski definition) is 1. The van der Waals surface area contributed by atoms with Gasteiger partial charge in [-0.3, -0.25) is 0 Å². The Hall–Kier alpha value is -1.13. The monoisotopic (exact) mass is 248 g/mol. The van der Waals surface area contributed by atoms with Crippen molar-refractivity contribution >= 4 is 5.82 Å². The van der Waals surface area contributed by atoms with E-state index >= 15 is 0 Å². The van der Waals surface area contributed by atoms with Crippen molar-refractivity contribution in [2.45, 2.75) is 31.8 Å². The molecule has 18 heavy (non-hydrogen) atoms. The first-order valence-electron chi connectivity index (χ1n) is 6.71. The average molecular weight is 248 g/mol. The molecule has 1 fully saturated rings. The molecule has 0 radical (unpaired) electrons. The van der Waals surface area contributed by atoms with Crippen LogP contribution in [0.4, 0.5) is 5.82 Å². The van der Waals surface area contributed by atoms with E-state index in [0.29, 0.717) is 6.04 Å². The summed E-state index contributed by atoms with van der Waals surface area (Å²) in [6, 6.07) is 4.60. The van der Waals surface area contributed by atoms with Crippen LogP contribution in [0.2, 0.25) is 0 Å². The second-order valence-corrected chi connectivity index (χ2v) is 5.37. The highest BCUT2D eigenvalue weighted by Crippen LogP contribution is 2.25. The highest BCUT2D eigenvalue weighted by Gasteiger charge is 2.23. The van der Waals surface area contributed by atoms with Gasteiger partial charge in [-0.25, -0.2) is 4.98 Å². The van der Waals surface area contributed by atoms with Gasteiger partial charge in [0.15, 0.2) is 0 Å². The SMILES string of the molecule is CC(N)c1cccnc1N(C)C1CCCN(C)C1. The van der Waals surface area contributed by atoms with Crippen LogP contribution in [0.1, 0.15) is 31.4 Å². The molecule has 0 spiro atoms. The normalized spacial score (nSPS) is 22.8. The molecule has 0 amide bonds.